The zero-order valence-corrected chi connectivity index (χ0v) is 11.4. The third-order valence-electron chi connectivity index (χ3n) is 3.11. The molecule has 1 aliphatic heterocycles. The van der Waals surface area contributed by atoms with E-state index in [4.69, 9.17) is 5.73 Å². The minimum atomic E-state index is -0.0267. The molecule has 5 heteroatoms. The molecule has 3 nitrogen and oxygen atoms in total. The maximum absolute atomic E-state index is 12.2. The molecule has 1 fully saturated rings. The maximum atomic E-state index is 12.2. The van der Waals surface area contributed by atoms with Gasteiger partial charge in [0.05, 0.1) is 5.69 Å². The molecular weight excluding hydrogens is 264 g/mol. The summed E-state index contributed by atoms with van der Waals surface area (Å²) in [5.74, 6) is 2.12. The predicted molar refractivity (Wildman–Crippen MR) is 79.4 cm³/mol. The van der Waals surface area contributed by atoms with Gasteiger partial charge in [-0.05, 0) is 18.2 Å². The highest BCUT2D eigenvalue weighted by atomic mass is 32.2. The topological polar surface area (TPSA) is 55.1 Å². The van der Waals surface area contributed by atoms with E-state index in [9.17, 15) is 4.79 Å². The van der Waals surface area contributed by atoms with Crippen molar-refractivity contribution in [2.24, 2.45) is 0 Å². The number of anilines is 1. The molecule has 1 aliphatic rings. The van der Waals surface area contributed by atoms with E-state index in [0.717, 1.165) is 28.0 Å². The second-order valence-electron chi connectivity index (χ2n) is 4.37. The Kier molecular flexibility index (Phi) is 3.18. The molecule has 1 unspecified atom stereocenters. The first-order valence-electron chi connectivity index (χ1n) is 5.91. The van der Waals surface area contributed by atoms with Crippen molar-refractivity contribution >= 4 is 44.8 Å². The van der Waals surface area contributed by atoms with Crippen molar-refractivity contribution in [1.29, 1.82) is 0 Å². The van der Waals surface area contributed by atoms with Gasteiger partial charge >= 0.3 is 0 Å². The van der Waals surface area contributed by atoms with Gasteiger partial charge in [-0.1, -0.05) is 18.2 Å². The summed E-state index contributed by atoms with van der Waals surface area (Å²) in [5.41, 5.74) is 6.67. The highest BCUT2D eigenvalue weighted by Crippen LogP contribution is 2.33. The Morgan fingerprint density at radius 1 is 1.39 bits per heavy atom. The van der Waals surface area contributed by atoms with Crippen molar-refractivity contribution in [3.8, 4) is 0 Å². The minimum absolute atomic E-state index is 0.0267. The number of fused-ring (bicyclic) bond motifs is 1. The van der Waals surface area contributed by atoms with Crippen LogP contribution in [0.1, 0.15) is 16.1 Å². The van der Waals surface area contributed by atoms with Crippen molar-refractivity contribution in [2.45, 2.75) is 12.5 Å². The highest BCUT2D eigenvalue weighted by molar-refractivity contribution is 7.99. The van der Waals surface area contributed by atoms with Gasteiger partial charge in [0.15, 0.2) is 0 Å². The summed E-state index contributed by atoms with van der Waals surface area (Å²) in [6, 6.07) is 8.17. The zero-order chi connectivity index (χ0) is 12.5. The number of rotatable bonds is 2. The Labute approximate surface area is 114 Å². The van der Waals surface area contributed by atoms with Crippen LogP contribution in [-0.4, -0.2) is 23.5 Å². The van der Waals surface area contributed by atoms with E-state index < -0.39 is 0 Å². The second kappa shape index (κ2) is 4.82. The number of benzene rings is 1. The fourth-order valence-corrected chi connectivity index (χ4v) is 4.31. The van der Waals surface area contributed by atoms with E-state index in [1.807, 2.05) is 36.0 Å². The Morgan fingerprint density at radius 3 is 2.94 bits per heavy atom. The summed E-state index contributed by atoms with van der Waals surface area (Å²) in [6.07, 6.45) is 1.06. The van der Waals surface area contributed by atoms with Crippen LogP contribution in [0.25, 0.3) is 10.1 Å². The van der Waals surface area contributed by atoms with E-state index in [2.05, 4.69) is 5.32 Å². The molecule has 1 aromatic heterocycles. The van der Waals surface area contributed by atoms with Crippen molar-refractivity contribution in [2.75, 3.05) is 17.2 Å². The Bertz CT molecular complexity index is 588. The first-order valence-corrected chi connectivity index (χ1v) is 7.88. The normalized spacial score (nSPS) is 19.2. The lowest BCUT2D eigenvalue weighted by molar-refractivity contribution is 0.0946. The fourth-order valence-electron chi connectivity index (χ4n) is 2.13. The highest BCUT2D eigenvalue weighted by Gasteiger charge is 2.21. The molecule has 2 aromatic rings. The molecule has 94 valence electrons. The van der Waals surface area contributed by atoms with Gasteiger partial charge < -0.3 is 11.1 Å². The van der Waals surface area contributed by atoms with E-state index in [-0.39, 0.29) is 5.91 Å². The third kappa shape index (κ3) is 2.08. The van der Waals surface area contributed by atoms with Crippen LogP contribution in [0.5, 0.6) is 0 Å². The predicted octanol–water partition coefficient (Wildman–Crippen LogP) is 2.72. The van der Waals surface area contributed by atoms with Crippen LogP contribution in [0.3, 0.4) is 0 Å². The van der Waals surface area contributed by atoms with Gasteiger partial charge in [0, 0.05) is 21.9 Å². The largest absolute Gasteiger partial charge is 0.397 e. The van der Waals surface area contributed by atoms with Gasteiger partial charge in [0.2, 0.25) is 0 Å². The molecule has 3 N–H and O–H groups in total. The number of hydrogen-bond acceptors (Lipinski definition) is 4. The number of amides is 1. The van der Waals surface area contributed by atoms with Crippen LogP contribution < -0.4 is 11.1 Å². The van der Waals surface area contributed by atoms with Gasteiger partial charge in [0.25, 0.3) is 5.91 Å². The summed E-state index contributed by atoms with van der Waals surface area (Å²) in [4.78, 5) is 12.8. The van der Waals surface area contributed by atoms with Crippen LogP contribution in [0.4, 0.5) is 5.69 Å². The Morgan fingerprint density at radius 2 is 2.22 bits per heavy atom. The lowest BCUT2D eigenvalue weighted by Crippen LogP contribution is -2.34. The van der Waals surface area contributed by atoms with Crippen LogP contribution in [0, 0.1) is 0 Å². The molecule has 3 rings (SSSR count). The van der Waals surface area contributed by atoms with E-state index in [1.165, 1.54) is 11.3 Å². The summed E-state index contributed by atoms with van der Waals surface area (Å²) in [7, 11) is 0. The van der Waals surface area contributed by atoms with Crippen LogP contribution in [-0.2, 0) is 0 Å². The van der Waals surface area contributed by atoms with Crippen LogP contribution in [0.2, 0.25) is 0 Å². The van der Waals surface area contributed by atoms with Crippen LogP contribution in [0.15, 0.2) is 24.3 Å². The van der Waals surface area contributed by atoms with Crippen molar-refractivity contribution in [3.63, 3.8) is 0 Å². The van der Waals surface area contributed by atoms with E-state index in [0.29, 0.717) is 16.6 Å². The number of carbonyl (C=O) groups is 1. The number of thioether (sulfide) groups is 1. The molecular formula is C13H14N2OS2. The molecule has 1 saturated heterocycles. The number of thiophene rings is 1. The van der Waals surface area contributed by atoms with Crippen molar-refractivity contribution in [1.82, 2.24) is 5.32 Å². The molecule has 1 amide bonds. The maximum Gasteiger partial charge on any atom is 0.263 e. The van der Waals surface area contributed by atoms with E-state index >= 15 is 0 Å². The zero-order valence-electron chi connectivity index (χ0n) is 9.81. The quantitative estimate of drug-likeness (QED) is 0.888. The summed E-state index contributed by atoms with van der Waals surface area (Å²) < 4.78 is 1.07. The molecule has 0 spiro atoms. The average Bonchev–Trinajstić information content (AvgIpc) is 2.98. The van der Waals surface area contributed by atoms with Crippen molar-refractivity contribution in [3.05, 3.63) is 29.1 Å². The molecule has 0 bridgehead atoms. The van der Waals surface area contributed by atoms with Gasteiger partial charge in [-0.2, -0.15) is 11.8 Å². The Balaban J connectivity index is 1.88. The van der Waals surface area contributed by atoms with E-state index in [1.54, 1.807) is 0 Å². The summed E-state index contributed by atoms with van der Waals surface area (Å²) in [5, 5.41) is 4.05. The molecule has 0 saturated carbocycles. The number of nitrogens with two attached hydrogens (primary N) is 1. The molecule has 1 atom stereocenters. The second-order valence-corrected chi connectivity index (χ2v) is 6.58. The first kappa shape index (κ1) is 11.9. The number of nitrogen functional groups attached to an aromatic ring is 1. The molecule has 0 radical (unpaired) electrons. The van der Waals surface area contributed by atoms with Crippen LogP contribution >= 0.6 is 23.1 Å². The fraction of sp³-hybridized carbons (Fsp3) is 0.308. The number of carbonyl (C=O) groups excluding carboxylic acids is 1. The molecule has 0 aliphatic carbocycles. The molecule has 18 heavy (non-hydrogen) atoms. The van der Waals surface area contributed by atoms with Gasteiger partial charge in [0.1, 0.15) is 4.88 Å². The first-order chi connectivity index (χ1) is 8.75. The molecule has 2 heterocycles. The lowest BCUT2D eigenvalue weighted by atomic mass is 10.2. The Hall–Kier alpha value is -1.20. The SMILES string of the molecule is Nc1c(C(=O)NC2CCSC2)sc2ccccc12. The summed E-state index contributed by atoms with van der Waals surface area (Å²) >= 11 is 3.36. The van der Waals surface area contributed by atoms with Gasteiger partial charge in [-0.15, -0.1) is 11.3 Å². The molecule has 1 aromatic carbocycles. The monoisotopic (exact) mass is 278 g/mol. The third-order valence-corrected chi connectivity index (χ3v) is 5.45. The van der Waals surface area contributed by atoms with Gasteiger partial charge in [-0.3, -0.25) is 4.79 Å². The van der Waals surface area contributed by atoms with Crippen molar-refractivity contribution < 1.29 is 4.79 Å². The minimum Gasteiger partial charge on any atom is -0.397 e. The number of nitrogens with one attached hydrogen (secondary N) is 1. The summed E-state index contributed by atoms with van der Waals surface area (Å²) in [6.45, 7) is 0. The smallest absolute Gasteiger partial charge is 0.263 e. The standard InChI is InChI=1S/C13H14N2OS2/c14-11-9-3-1-2-4-10(9)18-12(11)13(16)15-8-5-6-17-7-8/h1-4,8H,5-7,14H2,(H,15,16). The van der Waals surface area contributed by atoms with Gasteiger partial charge in [-0.25, -0.2) is 0 Å². The number of hydrogen-bond donors (Lipinski definition) is 2. The lowest BCUT2D eigenvalue weighted by Gasteiger charge is -2.10. The average molecular weight is 278 g/mol.